The Morgan fingerprint density at radius 3 is 2.55 bits per heavy atom. The summed E-state index contributed by atoms with van der Waals surface area (Å²) in [6, 6.07) is 6.78. The highest BCUT2D eigenvalue weighted by atomic mass is 35.5. The summed E-state index contributed by atoms with van der Waals surface area (Å²) in [6.45, 7) is 0.692. The summed E-state index contributed by atoms with van der Waals surface area (Å²) in [6.07, 6.45) is 4.88. The van der Waals surface area contributed by atoms with E-state index in [0.717, 1.165) is 0 Å². The molecule has 0 heterocycles. The number of hydrogen-bond acceptors (Lipinski definition) is 2. The van der Waals surface area contributed by atoms with Crippen LogP contribution in [0.25, 0.3) is 0 Å². The number of halogens is 1. The van der Waals surface area contributed by atoms with E-state index < -0.39 is 0 Å². The molecule has 2 N–H and O–H groups in total. The number of rotatable bonds is 5. The zero-order chi connectivity index (χ0) is 14.4. The summed E-state index contributed by atoms with van der Waals surface area (Å²) in [5.41, 5.74) is 0.387. The molecule has 1 saturated carbocycles. The van der Waals surface area contributed by atoms with Gasteiger partial charge in [0.2, 0.25) is 5.91 Å². The molecule has 0 bridgehead atoms. The van der Waals surface area contributed by atoms with E-state index in [1.54, 1.807) is 24.3 Å². The molecule has 20 heavy (non-hydrogen) atoms. The molecule has 0 aromatic heterocycles. The van der Waals surface area contributed by atoms with Crippen LogP contribution in [0.4, 0.5) is 0 Å². The molecule has 2 rings (SSSR count). The van der Waals surface area contributed by atoms with Gasteiger partial charge in [0, 0.05) is 6.54 Å². The first-order valence-corrected chi connectivity index (χ1v) is 7.34. The number of amides is 2. The average Bonchev–Trinajstić information content (AvgIpc) is 2.96. The standard InChI is InChI=1S/C15H19ClN2O2/c16-13-8-4-3-7-12(13)15(20)18-10-14(19)17-9-11-5-1-2-6-11/h3-4,7-8,11H,1-2,5-6,9-10H2,(H,17,19)(H,18,20). The Morgan fingerprint density at radius 1 is 1.15 bits per heavy atom. The van der Waals surface area contributed by atoms with Gasteiger partial charge in [-0.1, -0.05) is 36.6 Å². The van der Waals surface area contributed by atoms with Crippen LogP contribution < -0.4 is 10.6 Å². The predicted molar refractivity (Wildman–Crippen MR) is 78.8 cm³/mol. The lowest BCUT2D eigenvalue weighted by Gasteiger charge is -2.11. The molecule has 0 atom stereocenters. The van der Waals surface area contributed by atoms with Gasteiger partial charge in [-0.3, -0.25) is 9.59 Å². The molecule has 0 saturated heterocycles. The molecule has 108 valence electrons. The molecule has 1 fully saturated rings. The molecule has 5 heteroatoms. The van der Waals surface area contributed by atoms with E-state index in [1.165, 1.54) is 25.7 Å². The largest absolute Gasteiger partial charge is 0.354 e. The van der Waals surface area contributed by atoms with E-state index in [-0.39, 0.29) is 18.4 Å². The van der Waals surface area contributed by atoms with Crippen LogP contribution in [0.2, 0.25) is 5.02 Å². The van der Waals surface area contributed by atoms with E-state index in [9.17, 15) is 9.59 Å². The van der Waals surface area contributed by atoms with Crippen LogP contribution in [0.15, 0.2) is 24.3 Å². The molecule has 0 spiro atoms. The summed E-state index contributed by atoms with van der Waals surface area (Å²) < 4.78 is 0. The highest BCUT2D eigenvalue weighted by Gasteiger charge is 2.16. The van der Waals surface area contributed by atoms with Gasteiger partial charge in [-0.05, 0) is 30.9 Å². The maximum Gasteiger partial charge on any atom is 0.253 e. The average molecular weight is 295 g/mol. The fraction of sp³-hybridized carbons (Fsp3) is 0.467. The predicted octanol–water partition coefficient (Wildman–Crippen LogP) is 2.38. The minimum absolute atomic E-state index is 0.0171. The topological polar surface area (TPSA) is 58.2 Å². The smallest absolute Gasteiger partial charge is 0.253 e. The van der Waals surface area contributed by atoms with Gasteiger partial charge in [-0.15, -0.1) is 0 Å². The zero-order valence-electron chi connectivity index (χ0n) is 11.3. The van der Waals surface area contributed by atoms with Crippen molar-refractivity contribution in [3.8, 4) is 0 Å². The second-order valence-corrected chi connectivity index (χ2v) is 5.52. The molecule has 0 unspecified atom stereocenters. The Labute approximate surface area is 123 Å². The molecular formula is C15H19ClN2O2. The first-order chi connectivity index (χ1) is 9.66. The lowest BCUT2D eigenvalue weighted by Crippen LogP contribution is -2.38. The monoisotopic (exact) mass is 294 g/mol. The van der Waals surface area contributed by atoms with Crippen LogP contribution in [-0.2, 0) is 4.79 Å². The molecule has 1 aliphatic rings. The van der Waals surface area contributed by atoms with Crippen molar-refractivity contribution in [1.29, 1.82) is 0 Å². The van der Waals surface area contributed by atoms with Crippen molar-refractivity contribution in [2.45, 2.75) is 25.7 Å². The fourth-order valence-corrected chi connectivity index (χ4v) is 2.66. The Hall–Kier alpha value is -1.55. The lowest BCUT2D eigenvalue weighted by molar-refractivity contribution is -0.120. The maximum atomic E-state index is 11.9. The van der Waals surface area contributed by atoms with Crippen molar-refractivity contribution >= 4 is 23.4 Å². The SMILES string of the molecule is O=C(CNC(=O)c1ccccc1Cl)NCC1CCCC1. The summed E-state index contributed by atoms with van der Waals surface area (Å²) in [5.74, 6) is 0.113. The van der Waals surface area contributed by atoms with Gasteiger partial charge in [0.05, 0.1) is 17.1 Å². The normalized spacial score (nSPS) is 15.1. The van der Waals surface area contributed by atoms with E-state index in [1.807, 2.05) is 0 Å². The number of carbonyl (C=O) groups excluding carboxylic acids is 2. The Morgan fingerprint density at radius 2 is 1.85 bits per heavy atom. The molecule has 2 amide bonds. The molecule has 1 aromatic carbocycles. The molecule has 1 aliphatic carbocycles. The van der Waals surface area contributed by atoms with E-state index in [4.69, 9.17) is 11.6 Å². The number of nitrogens with one attached hydrogen (secondary N) is 2. The summed E-state index contributed by atoms with van der Waals surface area (Å²) >= 11 is 5.92. The minimum Gasteiger partial charge on any atom is -0.354 e. The van der Waals surface area contributed by atoms with Crippen LogP contribution in [0, 0.1) is 5.92 Å². The summed E-state index contributed by atoms with van der Waals surface area (Å²) in [5, 5.41) is 5.82. The van der Waals surface area contributed by atoms with E-state index in [2.05, 4.69) is 10.6 Å². The summed E-state index contributed by atoms with van der Waals surface area (Å²) in [7, 11) is 0. The second kappa shape index (κ2) is 7.29. The third kappa shape index (κ3) is 4.23. The quantitative estimate of drug-likeness (QED) is 0.876. The highest BCUT2D eigenvalue weighted by molar-refractivity contribution is 6.33. The molecule has 0 radical (unpaired) electrons. The Bertz CT molecular complexity index is 485. The first-order valence-electron chi connectivity index (χ1n) is 6.96. The van der Waals surface area contributed by atoms with Gasteiger partial charge in [0.15, 0.2) is 0 Å². The number of carbonyl (C=O) groups is 2. The maximum absolute atomic E-state index is 11.9. The van der Waals surface area contributed by atoms with Crippen molar-refractivity contribution < 1.29 is 9.59 Å². The molecule has 1 aromatic rings. The van der Waals surface area contributed by atoms with Crippen LogP contribution in [0.1, 0.15) is 36.0 Å². The van der Waals surface area contributed by atoms with Crippen LogP contribution in [0.3, 0.4) is 0 Å². The van der Waals surface area contributed by atoms with Crippen molar-refractivity contribution in [3.63, 3.8) is 0 Å². The van der Waals surface area contributed by atoms with Gasteiger partial charge in [-0.2, -0.15) is 0 Å². The van der Waals surface area contributed by atoms with Crippen LogP contribution in [-0.4, -0.2) is 24.9 Å². The third-order valence-corrected chi connectivity index (χ3v) is 3.92. The van der Waals surface area contributed by atoms with Gasteiger partial charge in [-0.25, -0.2) is 0 Å². The lowest BCUT2D eigenvalue weighted by atomic mass is 10.1. The minimum atomic E-state index is -0.327. The van der Waals surface area contributed by atoms with Crippen molar-refractivity contribution in [1.82, 2.24) is 10.6 Å². The molecular weight excluding hydrogens is 276 g/mol. The molecule has 4 nitrogen and oxygen atoms in total. The van der Waals surface area contributed by atoms with Gasteiger partial charge in [0.1, 0.15) is 0 Å². The Kier molecular flexibility index (Phi) is 5.41. The third-order valence-electron chi connectivity index (χ3n) is 3.59. The van der Waals surface area contributed by atoms with Crippen molar-refractivity contribution in [2.75, 3.05) is 13.1 Å². The number of hydrogen-bond donors (Lipinski definition) is 2. The van der Waals surface area contributed by atoms with Gasteiger partial charge < -0.3 is 10.6 Å². The van der Waals surface area contributed by atoms with Crippen LogP contribution in [0.5, 0.6) is 0 Å². The fourth-order valence-electron chi connectivity index (χ4n) is 2.44. The zero-order valence-corrected chi connectivity index (χ0v) is 12.1. The van der Waals surface area contributed by atoms with E-state index in [0.29, 0.717) is 23.0 Å². The Balaban J connectivity index is 1.72. The second-order valence-electron chi connectivity index (χ2n) is 5.12. The highest BCUT2D eigenvalue weighted by Crippen LogP contribution is 2.23. The first kappa shape index (κ1) is 14.9. The number of benzene rings is 1. The molecule has 0 aliphatic heterocycles. The van der Waals surface area contributed by atoms with Crippen molar-refractivity contribution in [2.24, 2.45) is 5.92 Å². The van der Waals surface area contributed by atoms with E-state index >= 15 is 0 Å². The van der Waals surface area contributed by atoms with Crippen LogP contribution >= 0.6 is 11.6 Å². The van der Waals surface area contributed by atoms with Gasteiger partial charge >= 0.3 is 0 Å². The van der Waals surface area contributed by atoms with Crippen molar-refractivity contribution in [3.05, 3.63) is 34.9 Å². The summed E-state index contributed by atoms with van der Waals surface area (Å²) in [4.78, 5) is 23.5. The van der Waals surface area contributed by atoms with Gasteiger partial charge in [0.25, 0.3) is 5.91 Å².